The van der Waals surface area contributed by atoms with Gasteiger partial charge in [0.25, 0.3) is 0 Å². The van der Waals surface area contributed by atoms with E-state index in [9.17, 15) is 19.2 Å². The van der Waals surface area contributed by atoms with E-state index in [-0.39, 0.29) is 30.1 Å². The Bertz CT molecular complexity index is 1660. The molecule has 0 atom stereocenters. The van der Waals surface area contributed by atoms with Gasteiger partial charge in [-0.15, -0.1) is 0 Å². The lowest BCUT2D eigenvalue weighted by molar-refractivity contribution is 0.0578. The summed E-state index contributed by atoms with van der Waals surface area (Å²) in [5.41, 5.74) is 1.44. The largest absolute Gasteiger partial charge is 0.496 e. The van der Waals surface area contributed by atoms with Crippen molar-refractivity contribution in [3.8, 4) is 23.1 Å². The lowest BCUT2D eigenvalue weighted by atomic mass is 10.1. The maximum absolute atomic E-state index is 15.0. The number of ether oxygens (including phenoxy) is 3. The number of halogens is 1. The second-order valence-electron chi connectivity index (χ2n) is 10.3. The summed E-state index contributed by atoms with van der Waals surface area (Å²) in [5.74, 6) is 0.148. The summed E-state index contributed by atoms with van der Waals surface area (Å²) in [6.07, 6.45) is 0.149. The molecule has 42 heavy (non-hydrogen) atoms. The first kappa shape index (κ1) is 29.8. The van der Waals surface area contributed by atoms with Crippen molar-refractivity contribution in [3.05, 3.63) is 66.4 Å². The zero-order valence-electron chi connectivity index (χ0n) is 24.2. The average molecular weight is 575 g/mol. The van der Waals surface area contributed by atoms with Crippen molar-refractivity contribution in [3.63, 3.8) is 0 Å². The van der Waals surface area contributed by atoms with Crippen molar-refractivity contribution < 1.29 is 28.2 Å². The lowest BCUT2D eigenvalue weighted by Crippen LogP contribution is -2.39. The van der Waals surface area contributed by atoms with Gasteiger partial charge >= 0.3 is 12.2 Å². The fourth-order valence-corrected chi connectivity index (χ4v) is 4.38. The Labute approximate surface area is 242 Å². The fourth-order valence-electron chi connectivity index (χ4n) is 4.38. The van der Waals surface area contributed by atoms with Gasteiger partial charge < -0.3 is 18.8 Å². The van der Waals surface area contributed by atoms with Gasteiger partial charge in [-0.2, -0.15) is 5.26 Å². The molecule has 4 rings (SSSR count). The normalized spacial score (nSPS) is 11.1. The summed E-state index contributed by atoms with van der Waals surface area (Å²) in [7, 11) is 4.37. The van der Waals surface area contributed by atoms with Crippen molar-refractivity contribution >= 4 is 34.6 Å². The number of fused-ring (bicyclic) bond motifs is 1. The molecule has 2 amide bonds. The Morgan fingerprint density at radius 1 is 1.05 bits per heavy atom. The van der Waals surface area contributed by atoms with E-state index in [1.807, 2.05) is 0 Å². The molecule has 0 spiro atoms. The van der Waals surface area contributed by atoms with E-state index in [1.54, 1.807) is 64.2 Å². The van der Waals surface area contributed by atoms with E-state index in [4.69, 9.17) is 14.2 Å². The van der Waals surface area contributed by atoms with Crippen LogP contribution in [0, 0.1) is 17.1 Å². The number of methoxy groups -OCH3 is 2. The molecule has 0 saturated heterocycles. The number of carbonyl (C=O) groups excluding carboxylic acids is 2. The van der Waals surface area contributed by atoms with Gasteiger partial charge in [-0.1, -0.05) is 12.1 Å². The van der Waals surface area contributed by atoms with Gasteiger partial charge in [-0.3, -0.25) is 9.80 Å². The molecule has 12 heteroatoms. The van der Waals surface area contributed by atoms with Crippen molar-refractivity contribution in [2.24, 2.45) is 0 Å². The number of hydrogen-bond donors (Lipinski definition) is 0. The van der Waals surface area contributed by atoms with Gasteiger partial charge in [0.2, 0.25) is 0 Å². The third-order valence-corrected chi connectivity index (χ3v) is 6.39. The zero-order chi connectivity index (χ0) is 30.6. The topological polar surface area (TPSA) is 123 Å². The molecule has 218 valence electrons. The second kappa shape index (κ2) is 12.1. The summed E-state index contributed by atoms with van der Waals surface area (Å²) in [5, 5.41) is 10.2. The van der Waals surface area contributed by atoms with Gasteiger partial charge in [0.1, 0.15) is 41.1 Å². The molecule has 0 aliphatic carbocycles. The van der Waals surface area contributed by atoms with Crippen LogP contribution < -0.4 is 14.5 Å². The molecule has 0 saturated carbocycles. The molecule has 0 aliphatic rings. The molecule has 0 unspecified atom stereocenters. The molecule has 0 fully saturated rings. The Balaban J connectivity index is 1.70. The SMILES string of the molecule is COC(=O)N(C)c1ccc(-c2cc(N(CCn3c(C#N)cc4c(OC)ccc(F)c43)C(=O)OC(C)(C)C)ncn2)cc1. The van der Waals surface area contributed by atoms with E-state index in [2.05, 4.69) is 16.0 Å². The molecule has 0 aliphatic heterocycles. The third kappa shape index (κ3) is 6.25. The highest BCUT2D eigenvalue weighted by Crippen LogP contribution is 2.31. The molecule has 4 aromatic rings. The molecule has 11 nitrogen and oxygen atoms in total. The van der Waals surface area contributed by atoms with Crippen molar-refractivity contribution in [2.75, 3.05) is 37.6 Å². The molecule has 0 N–H and O–H groups in total. The van der Waals surface area contributed by atoms with Crippen molar-refractivity contribution in [1.82, 2.24) is 14.5 Å². The van der Waals surface area contributed by atoms with E-state index in [0.717, 1.165) is 0 Å². The van der Waals surface area contributed by atoms with E-state index >= 15 is 0 Å². The molecule has 2 heterocycles. The van der Waals surface area contributed by atoms with Crippen LogP contribution in [0.1, 0.15) is 26.5 Å². The highest BCUT2D eigenvalue weighted by Gasteiger charge is 2.26. The number of amides is 2. The smallest absolute Gasteiger partial charge is 0.416 e. The molecule has 2 aromatic heterocycles. The van der Waals surface area contributed by atoms with Gasteiger partial charge in [0.15, 0.2) is 0 Å². The molecule has 0 bridgehead atoms. The Morgan fingerprint density at radius 3 is 2.38 bits per heavy atom. The fraction of sp³-hybridized carbons (Fsp3) is 0.300. The minimum Gasteiger partial charge on any atom is -0.496 e. The molecular formula is C30H31FN6O5. The van der Waals surface area contributed by atoms with Crippen molar-refractivity contribution in [1.29, 1.82) is 5.26 Å². The number of anilines is 2. The maximum Gasteiger partial charge on any atom is 0.416 e. The monoisotopic (exact) mass is 574 g/mol. The number of nitriles is 1. The molecular weight excluding hydrogens is 543 g/mol. The van der Waals surface area contributed by atoms with Gasteiger partial charge in [-0.25, -0.2) is 23.9 Å². The Morgan fingerprint density at radius 2 is 1.76 bits per heavy atom. The standard InChI is InChI=1S/C30H31FN6O5/c1-30(2,3)42-29(39)37(14-13-36-21(17-32)15-22-25(40-5)12-11-23(31)27(22)36)26-16-24(33-18-34-26)19-7-9-20(10-8-19)35(4)28(38)41-6/h7-12,15-16,18H,13-14H2,1-6H3. The average Bonchev–Trinajstić information content (AvgIpc) is 3.35. The van der Waals surface area contributed by atoms with Gasteiger partial charge in [0.05, 0.1) is 25.4 Å². The summed E-state index contributed by atoms with van der Waals surface area (Å²) in [6, 6.07) is 15.1. The van der Waals surface area contributed by atoms with Crippen LogP contribution in [0.3, 0.4) is 0 Å². The number of benzene rings is 2. The summed E-state index contributed by atoms with van der Waals surface area (Å²) in [4.78, 5) is 36.6. The van der Waals surface area contributed by atoms with E-state index < -0.39 is 23.6 Å². The number of rotatable bonds is 7. The maximum atomic E-state index is 15.0. The first-order valence-electron chi connectivity index (χ1n) is 13.0. The predicted molar refractivity (Wildman–Crippen MR) is 155 cm³/mol. The van der Waals surface area contributed by atoms with Crippen LogP contribution in [0.4, 0.5) is 25.5 Å². The summed E-state index contributed by atoms with van der Waals surface area (Å²) in [6.45, 7) is 5.30. The predicted octanol–water partition coefficient (Wildman–Crippen LogP) is 5.76. The van der Waals surface area contributed by atoms with Gasteiger partial charge in [-0.05, 0) is 51.1 Å². The van der Waals surface area contributed by atoms with Crippen LogP contribution in [0.15, 0.2) is 54.9 Å². The number of aromatic nitrogens is 3. The highest BCUT2D eigenvalue weighted by molar-refractivity contribution is 5.90. The van der Waals surface area contributed by atoms with Crippen LogP contribution in [0.25, 0.3) is 22.2 Å². The lowest BCUT2D eigenvalue weighted by Gasteiger charge is -2.27. The van der Waals surface area contributed by atoms with E-state index in [1.165, 1.54) is 47.0 Å². The minimum absolute atomic E-state index is 0.00331. The van der Waals surface area contributed by atoms with Crippen LogP contribution >= 0.6 is 0 Å². The minimum atomic E-state index is -0.801. The zero-order valence-corrected chi connectivity index (χ0v) is 24.2. The number of carbonyl (C=O) groups is 2. The van der Waals surface area contributed by atoms with Crippen LogP contribution in [-0.2, 0) is 16.0 Å². The first-order chi connectivity index (χ1) is 20.0. The third-order valence-electron chi connectivity index (χ3n) is 6.39. The van der Waals surface area contributed by atoms with E-state index in [0.29, 0.717) is 28.1 Å². The van der Waals surface area contributed by atoms with Crippen LogP contribution in [-0.4, -0.2) is 60.1 Å². The van der Waals surface area contributed by atoms with Crippen LogP contribution in [0.2, 0.25) is 0 Å². The van der Waals surface area contributed by atoms with Gasteiger partial charge in [0, 0.05) is 42.8 Å². The quantitative estimate of drug-likeness (QED) is 0.273. The van der Waals surface area contributed by atoms with Crippen molar-refractivity contribution in [2.45, 2.75) is 32.9 Å². The summed E-state index contributed by atoms with van der Waals surface area (Å²) >= 11 is 0. The Kier molecular flexibility index (Phi) is 8.61. The summed E-state index contributed by atoms with van der Waals surface area (Å²) < 4.78 is 32.3. The van der Waals surface area contributed by atoms with Crippen LogP contribution in [0.5, 0.6) is 5.75 Å². The second-order valence-corrected chi connectivity index (χ2v) is 10.3. The Hall–Kier alpha value is -5.18. The first-order valence-corrected chi connectivity index (χ1v) is 13.0. The highest BCUT2D eigenvalue weighted by atomic mass is 19.1. The molecule has 0 radical (unpaired) electrons. The molecule has 2 aromatic carbocycles. The number of nitrogens with zero attached hydrogens (tertiary/aromatic N) is 6. The number of hydrogen-bond acceptors (Lipinski definition) is 8.